The average Bonchev–Trinajstić information content (AvgIpc) is 3.12. The smallest absolute Gasteiger partial charge is 0.227 e. The van der Waals surface area contributed by atoms with Gasteiger partial charge in [0.1, 0.15) is 0 Å². The van der Waals surface area contributed by atoms with Gasteiger partial charge in [-0.05, 0) is 56.5 Å². The first kappa shape index (κ1) is 20.8. The molecule has 3 nitrogen and oxygen atoms in total. The van der Waals surface area contributed by atoms with Crippen molar-refractivity contribution in [2.75, 3.05) is 20.1 Å². The molecule has 0 N–H and O–H groups in total. The van der Waals surface area contributed by atoms with Crippen LogP contribution in [0.25, 0.3) is 0 Å². The minimum absolute atomic E-state index is 0. The fourth-order valence-electron chi connectivity index (χ4n) is 4.18. The minimum Gasteiger partial charge on any atom is -0.341 e. The lowest BCUT2D eigenvalue weighted by molar-refractivity contribution is -0.133. The van der Waals surface area contributed by atoms with Crippen molar-refractivity contribution < 1.29 is 4.79 Å². The first-order valence-electron chi connectivity index (χ1n) is 9.00. The van der Waals surface area contributed by atoms with E-state index in [0.29, 0.717) is 28.5 Å². The molecule has 0 bridgehead atoms. The summed E-state index contributed by atoms with van der Waals surface area (Å²) in [7, 11) is 1.97. The van der Waals surface area contributed by atoms with Crippen LogP contribution in [0.15, 0.2) is 18.2 Å². The molecule has 6 heteroatoms. The first-order chi connectivity index (χ1) is 11.6. The Labute approximate surface area is 167 Å². The van der Waals surface area contributed by atoms with Gasteiger partial charge in [0.25, 0.3) is 0 Å². The highest BCUT2D eigenvalue weighted by Gasteiger charge is 2.35. The molecule has 3 rings (SSSR count). The Kier molecular flexibility index (Phi) is 7.88. The molecule has 1 saturated carbocycles. The van der Waals surface area contributed by atoms with Crippen molar-refractivity contribution in [3.8, 4) is 0 Å². The second kappa shape index (κ2) is 9.45. The maximum absolute atomic E-state index is 12.8. The van der Waals surface area contributed by atoms with Crippen molar-refractivity contribution >= 4 is 41.5 Å². The molecule has 2 aliphatic rings. The fraction of sp³-hybridized carbons (Fsp3) is 0.632. The van der Waals surface area contributed by atoms with E-state index in [4.69, 9.17) is 23.2 Å². The van der Waals surface area contributed by atoms with Gasteiger partial charge in [-0.2, -0.15) is 0 Å². The molecule has 0 spiro atoms. The number of nitrogens with zero attached hydrogens (tertiary/aromatic N) is 2. The van der Waals surface area contributed by atoms with Crippen LogP contribution >= 0.6 is 35.6 Å². The van der Waals surface area contributed by atoms with Crippen LogP contribution in [-0.2, 0) is 11.2 Å². The van der Waals surface area contributed by atoms with Crippen molar-refractivity contribution in [1.82, 2.24) is 9.80 Å². The van der Waals surface area contributed by atoms with Gasteiger partial charge >= 0.3 is 0 Å². The van der Waals surface area contributed by atoms with Crippen molar-refractivity contribution in [3.05, 3.63) is 33.8 Å². The van der Waals surface area contributed by atoms with E-state index in [2.05, 4.69) is 4.90 Å². The zero-order chi connectivity index (χ0) is 17.1. The standard InChI is InChI=1S/C19H26Cl2N2O.ClH/c1-22(19(24)13-14-8-9-15(20)16(21)12-14)17-6-2-3-7-18(17)23-10-4-5-11-23;/h8-9,12,17-18H,2-7,10-11,13H2,1H3;1H. The molecule has 0 radical (unpaired) electrons. The van der Waals surface area contributed by atoms with E-state index in [0.717, 1.165) is 12.0 Å². The van der Waals surface area contributed by atoms with Crippen LogP contribution < -0.4 is 0 Å². The second-order valence-corrected chi connectivity index (χ2v) is 7.91. The number of carbonyl (C=O) groups is 1. The molecule has 1 aliphatic carbocycles. The normalized spacial score (nSPS) is 24.0. The maximum atomic E-state index is 12.8. The maximum Gasteiger partial charge on any atom is 0.227 e. The summed E-state index contributed by atoms with van der Waals surface area (Å²) in [4.78, 5) is 17.4. The summed E-state index contributed by atoms with van der Waals surface area (Å²) in [6.07, 6.45) is 7.82. The first-order valence-corrected chi connectivity index (χ1v) is 9.75. The molecular formula is C19H27Cl3N2O. The van der Waals surface area contributed by atoms with E-state index in [1.807, 2.05) is 18.0 Å². The van der Waals surface area contributed by atoms with Crippen molar-refractivity contribution in [2.45, 2.75) is 57.0 Å². The van der Waals surface area contributed by atoms with Crippen LogP contribution in [0.3, 0.4) is 0 Å². The lowest BCUT2D eigenvalue weighted by Gasteiger charge is -2.42. The summed E-state index contributed by atoms with van der Waals surface area (Å²) in [5.41, 5.74) is 0.926. The highest BCUT2D eigenvalue weighted by molar-refractivity contribution is 6.42. The van der Waals surface area contributed by atoms with Gasteiger partial charge in [0, 0.05) is 19.1 Å². The number of hydrogen-bond acceptors (Lipinski definition) is 2. The number of likely N-dealkylation sites (tertiary alicyclic amines) is 1. The number of carbonyl (C=O) groups excluding carboxylic acids is 1. The third-order valence-corrected chi connectivity index (χ3v) is 6.27. The summed E-state index contributed by atoms with van der Waals surface area (Å²) in [5.74, 6) is 0.171. The average molecular weight is 406 g/mol. The van der Waals surface area contributed by atoms with Crippen LogP contribution in [0.2, 0.25) is 10.0 Å². The van der Waals surface area contributed by atoms with Crippen molar-refractivity contribution in [2.24, 2.45) is 0 Å². The SMILES string of the molecule is CN(C(=O)Cc1ccc(Cl)c(Cl)c1)C1CCCCC1N1CCCC1.Cl. The van der Waals surface area contributed by atoms with Crippen LogP contribution in [-0.4, -0.2) is 47.9 Å². The predicted molar refractivity (Wildman–Crippen MR) is 107 cm³/mol. The molecule has 1 saturated heterocycles. The van der Waals surface area contributed by atoms with Gasteiger partial charge in [-0.25, -0.2) is 0 Å². The number of halogens is 3. The van der Waals surface area contributed by atoms with Gasteiger partial charge < -0.3 is 4.90 Å². The Morgan fingerprint density at radius 2 is 1.80 bits per heavy atom. The number of hydrogen-bond donors (Lipinski definition) is 0. The minimum atomic E-state index is 0. The molecule has 1 amide bonds. The van der Waals surface area contributed by atoms with Gasteiger partial charge in [-0.15, -0.1) is 12.4 Å². The van der Waals surface area contributed by atoms with E-state index in [9.17, 15) is 4.79 Å². The lowest BCUT2D eigenvalue weighted by atomic mass is 9.88. The van der Waals surface area contributed by atoms with Gasteiger partial charge in [0.05, 0.1) is 16.5 Å². The summed E-state index contributed by atoms with van der Waals surface area (Å²) < 4.78 is 0. The van der Waals surface area contributed by atoms with Crippen molar-refractivity contribution in [1.29, 1.82) is 0 Å². The molecule has 2 fully saturated rings. The Morgan fingerprint density at radius 3 is 2.48 bits per heavy atom. The Balaban J connectivity index is 0.00000225. The van der Waals surface area contributed by atoms with Gasteiger partial charge in [-0.3, -0.25) is 9.69 Å². The van der Waals surface area contributed by atoms with E-state index in [1.165, 1.54) is 45.2 Å². The second-order valence-electron chi connectivity index (χ2n) is 7.09. The third kappa shape index (κ3) is 5.03. The number of rotatable bonds is 4. The molecule has 1 aromatic rings. The molecule has 1 heterocycles. The van der Waals surface area contributed by atoms with E-state index in [1.54, 1.807) is 12.1 Å². The van der Waals surface area contributed by atoms with E-state index < -0.39 is 0 Å². The quantitative estimate of drug-likeness (QED) is 0.716. The van der Waals surface area contributed by atoms with Crippen LogP contribution in [0.4, 0.5) is 0 Å². The van der Waals surface area contributed by atoms with Crippen LogP contribution in [0.5, 0.6) is 0 Å². The topological polar surface area (TPSA) is 23.6 Å². The largest absolute Gasteiger partial charge is 0.341 e. The molecular weight excluding hydrogens is 379 g/mol. The zero-order valence-corrected chi connectivity index (χ0v) is 17.0. The van der Waals surface area contributed by atoms with Gasteiger partial charge in [0.15, 0.2) is 0 Å². The van der Waals surface area contributed by atoms with E-state index in [-0.39, 0.29) is 18.3 Å². The predicted octanol–water partition coefficient (Wildman–Crippen LogP) is 4.82. The summed E-state index contributed by atoms with van der Waals surface area (Å²) >= 11 is 12.0. The number of amides is 1. The fourth-order valence-corrected chi connectivity index (χ4v) is 4.50. The lowest BCUT2D eigenvalue weighted by Crippen LogP contribution is -2.53. The van der Waals surface area contributed by atoms with Crippen LogP contribution in [0, 0.1) is 0 Å². The molecule has 25 heavy (non-hydrogen) atoms. The van der Waals surface area contributed by atoms with Crippen LogP contribution in [0.1, 0.15) is 44.1 Å². The monoisotopic (exact) mass is 404 g/mol. The molecule has 1 aliphatic heterocycles. The van der Waals surface area contributed by atoms with Crippen molar-refractivity contribution in [3.63, 3.8) is 0 Å². The van der Waals surface area contributed by atoms with Gasteiger partial charge in [0.2, 0.25) is 5.91 Å². The molecule has 140 valence electrons. The molecule has 2 unspecified atom stereocenters. The number of likely N-dealkylation sites (N-methyl/N-ethyl adjacent to an activating group) is 1. The Morgan fingerprint density at radius 1 is 1.12 bits per heavy atom. The van der Waals surface area contributed by atoms with E-state index >= 15 is 0 Å². The summed E-state index contributed by atoms with van der Waals surface area (Å²) in [6.45, 7) is 2.38. The molecule has 1 aromatic carbocycles. The molecule has 0 aromatic heterocycles. The van der Waals surface area contributed by atoms with Gasteiger partial charge in [-0.1, -0.05) is 42.1 Å². The third-order valence-electron chi connectivity index (χ3n) is 5.53. The molecule has 2 atom stereocenters. The zero-order valence-electron chi connectivity index (χ0n) is 14.7. The Bertz CT molecular complexity index is 590. The summed E-state index contributed by atoms with van der Waals surface area (Å²) in [6, 6.07) is 6.32. The Hall–Kier alpha value is -0.480. The number of benzene rings is 1. The summed E-state index contributed by atoms with van der Waals surface area (Å²) in [5, 5.41) is 1.04. The highest BCUT2D eigenvalue weighted by Crippen LogP contribution is 2.29. The highest BCUT2D eigenvalue weighted by atomic mass is 35.5.